The minimum atomic E-state index is -0.395. The van der Waals surface area contributed by atoms with Gasteiger partial charge >= 0.3 is 5.97 Å². The van der Waals surface area contributed by atoms with Crippen LogP contribution in [0.15, 0.2) is 12.2 Å². The van der Waals surface area contributed by atoms with E-state index in [-0.39, 0.29) is 28.3 Å². The summed E-state index contributed by atoms with van der Waals surface area (Å²) >= 11 is 6.02. The molecule has 2 nitrogen and oxygen atoms in total. The molecule has 3 heteroatoms. The minimum Gasteiger partial charge on any atom is -0.462 e. The number of alkyl halides is 1. The second-order valence-corrected chi connectivity index (χ2v) is 11.5. The Kier molecular flexibility index (Phi) is 6.24. The molecular formula is C24H41ClO2. The zero-order valence-electron chi connectivity index (χ0n) is 19.0. The van der Waals surface area contributed by atoms with Gasteiger partial charge in [0, 0.05) is 5.88 Å². The number of hydrogen-bond acceptors (Lipinski definition) is 2. The van der Waals surface area contributed by atoms with Crippen LogP contribution >= 0.6 is 11.6 Å². The van der Waals surface area contributed by atoms with Crippen LogP contribution in [0.4, 0.5) is 0 Å². The van der Waals surface area contributed by atoms with Crippen molar-refractivity contribution in [1.29, 1.82) is 0 Å². The van der Waals surface area contributed by atoms with Gasteiger partial charge in [0.15, 0.2) is 0 Å². The maximum atomic E-state index is 13.1. The first-order valence-corrected chi connectivity index (χ1v) is 11.2. The molecule has 1 fully saturated rings. The number of halogens is 1. The molecular weight excluding hydrogens is 356 g/mol. The Balaban J connectivity index is 2.04. The number of allylic oxidation sites excluding steroid dienone is 2. The van der Waals surface area contributed by atoms with E-state index in [1.807, 2.05) is 0 Å². The Morgan fingerprint density at radius 2 is 1.85 bits per heavy atom. The predicted molar refractivity (Wildman–Crippen MR) is 115 cm³/mol. The fourth-order valence-corrected chi connectivity index (χ4v) is 6.68. The molecule has 0 N–H and O–H groups in total. The second-order valence-electron chi connectivity index (χ2n) is 11.1. The van der Waals surface area contributed by atoms with Crippen LogP contribution in [0, 0.1) is 39.4 Å². The second kappa shape index (κ2) is 7.39. The normalized spacial score (nSPS) is 39.7. The number of rotatable bonds is 8. The highest BCUT2D eigenvalue weighted by Crippen LogP contribution is 2.73. The third-order valence-corrected chi connectivity index (χ3v) is 8.51. The first-order chi connectivity index (χ1) is 12.2. The van der Waals surface area contributed by atoms with Crippen LogP contribution in [0.3, 0.4) is 0 Å². The Morgan fingerprint density at radius 3 is 2.37 bits per heavy atom. The number of hydrogen-bond donors (Lipinski definition) is 0. The molecule has 2 aliphatic rings. The molecule has 1 saturated carbocycles. The van der Waals surface area contributed by atoms with Crippen molar-refractivity contribution in [3.05, 3.63) is 12.2 Å². The van der Waals surface area contributed by atoms with Gasteiger partial charge in [0.25, 0.3) is 0 Å². The number of carbonyl (C=O) groups excluding carboxylic acids is 1. The van der Waals surface area contributed by atoms with Gasteiger partial charge in [-0.1, -0.05) is 60.6 Å². The van der Waals surface area contributed by atoms with Crippen molar-refractivity contribution in [2.75, 3.05) is 5.88 Å². The minimum absolute atomic E-state index is 0.0279. The summed E-state index contributed by atoms with van der Waals surface area (Å²) < 4.78 is 6.03. The molecule has 0 amide bonds. The molecule has 156 valence electrons. The van der Waals surface area contributed by atoms with Crippen LogP contribution in [-0.4, -0.2) is 18.0 Å². The van der Waals surface area contributed by atoms with Crippen molar-refractivity contribution in [3.63, 3.8) is 0 Å². The smallest absolute Gasteiger partial charge is 0.312 e. The molecule has 0 aliphatic heterocycles. The lowest BCUT2D eigenvalue weighted by Crippen LogP contribution is -2.36. The molecule has 0 aromatic rings. The molecule has 6 unspecified atom stereocenters. The average Bonchev–Trinajstić information content (AvgIpc) is 2.98. The largest absolute Gasteiger partial charge is 0.462 e. The fourth-order valence-electron chi connectivity index (χ4n) is 6.21. The summed E-state index contributed by atoms with van der Waals surface area (Å²) in [6.07, 6.45) is 7.32. The molecule has 0 saturated heterocycles. The number of esters is 1. The molecule has 2 aliphatic carbocycles. The standard InChI is InChI=1S/C24H41ClO2/c1-16(2)19-17(3)10-11-22(19,7)14-18(4)27-20(26)23(8)15-24(23,9)21(5,6)12-13-25/h10-11,16-19H,12-15H2,1-9H3. The Hall–Kier alpha value is -0.500. The summed E-state index contributed by atoms with van der Waals surface area (Å²) in [7, 11) is 0. The first kappa shape index (κ1) is 22.8. The topological polar surface area (TPSA) is 26.3 Å². The highest BCUT2D eigenvalue weighted by atomic mass is 35.5. The lowest BCUT2D eigenvalue weighted by Gasteiger charge is -2.38. The maximum Gasteiger partial charge on any atom is 0.312 e. The molecule has 0 bridgehead atoms. The highest BCUT2D eigenvalue weighted by Gasteiger charge is 2.72. The zero-order valence-corrected chi connectivity index (χ0v) is 19.7. The summed E-state index contributed by atoms with van der Waals surface area (Å²) in [6, 6.07) is 0. The lowest BCUT2D eigenvalue weighted by atomic mass is 9.68. The zero-order chi connectivity index (χ0) is 20.8. The average molecular weight is 397 g/mol. The van der Waals surface area contributed by atoms with Crippen molar-refractivity contribution in [2.45, 2.75) is 87.7 Å². The Labute approximate surface area is 172 Å². The van der Waals surface area contributed by atoms with Gasteiger partial charge in [0.05, 0.1) is 11.5 Å². The van der Waals surface area contributed by atoms with Crippen LogP contribution in [0.1, 0.15) is 81.6 Å². The SMILES string of the molecule is CC(CC1(C)C=CC(C)C1C(C)C)OC(=O)C1(C)CC1(C)C(C)(C)CCCl. The lowest BCUT2D eigenvalue weighted by molar-refractivity contribution is -0.158. The van der Waals surface area contributed by atoms with Gasteiger partial charge in [-0.15, -0.1) is 11.6 Å². The fraction of sp³-hybridized carbons (Fsp3) is 0.875. The van der Waals surface area contributed by atoms with Crippen molar-refractivity contribution in [1.82, 2.24) is 0 Å². The van der Waals surface area contributed by atoms with Crippen LogP contribution in [-0.2, 0) is 9.53 Å². The third kappa shape index (κ3) is 3.85. The summed E-state index contributed by atoms with van der Waals surface area (Å²) in [4.78, 5) is 13.1. The van der Waals surface area contributed by atoms with Crippen molar-refractivity contribution in [2.24, 2.45) is 39.4 Å². The summed E-state index contributed by atoms with van der Waals surface area (Å²) in [5.41, 5.74) is -0.311. The predicted octanol–water partition coefficient (Wildman–Crippen LogP) is 6.86. The van der Waals surface area contributed by atoms with E-state index in [0.29, 0.717) is 23.6 Å². The van der Waals surface area contributed by atoms with Gasteiger partial charge in [-0.05, 0) is 67.1 Å². The van der Waals surface area contributed by atoms with Crippen LogP contribution in [0.5, 0.6) is 0 Å². The van der Waals surface area contributed by atoms with E-state index in [1.165, 1.54) is 0 Å². The molecule has 0 aromatic carbocycles. The molecule has 6 atom stereocenters. The molecule has 0 heterocycles. The van der Waals surface area contributed by atoms with Crippen LogP contribution in [0.25, 0.3) is 0 Å². The summed E-state index contributed by atoms with van der Waals surface area (Å²) in [6.45, 7) is 20.1. The number of carbonyl (C=O) groups is 1. The van der Waals surface area contributed by atoms with E-state index in [0.717, 1.165) is 19.3 Å². The van der Waals surface area contributed by atoms with Gasteiger partial charge in [-0.3, -0.25) is 4.79 Å². The van der Waals surface area contributed by atoms with E-state index in [2.05, 4.69) is 74.5 Å². The number of ether oxygens (including phenoxy) is 1. The van der Waals surface area contributed by atoms with Gasteiger partial charge in [0.2, 0.25) is 0 Å². The van der Waals surface area contributed by atoms with Gasteiger partial charge in [-0.25, -0.2) is 0 Å². The summed E-state index contributed by atoms with van der Waals surface area (Å²) in [5, 5.41) is 0. The van der Waals surface area contributed by atoms with Gasteiger partial charge in [0.1, 0.15) is 0 Å². The van der Waals surface area contributed by atoms with E-state index >= 15 is 0 Å². The first-order valence-electron chi connectivity index (χ1n) is 10.7. The Morgan fingerprint density at radius 1 is 1.26 bits per heavy atom. The molecule has 27 heavy (non-hydrogen) atoms. The van der Waals surface area contributed by atoms with E-state index in [1.54, 1.807) is 0 Å². The maximum absolute atomic E-state index is 13.1. The highest BCUT2D eigenvalue weighted by molar-refractivity contribution is 6.17. The van der Waals surface area contributed by atoms with E-state index < -0.39 is 5.41 Å². The van der Waals surface area contributed by atoms with E-state index in [4.69, 9.17) is 16.3 Å². The summed E-state index contributed by atoms with van der Waals surface area (Å²) in [5.74, 6) is 2.40. The van der Waals surface area contributed by atoms with Gasteiger partial charge in [-0.2, -0.15) is 0 Å². The quantitative estimate of drug-likeness (QED) is 0.254. The third-order valence-electron chi connectivity index (χ3n) is 8.33. The monoisotopic (exact) mass is 396 g/mol. The van der Waals surface area contributed by atoms with Crippen molar-refractivity contribution < 1.29 is 9.53 Å². The molecule has 0 aromatic heterocycles. The van der Waals surface area contributed by atoms with E-state index in [9.17, 15) is 4.79 Å². The van der Waals surface area contributed by atoms with Crippen LogP contribution < -0.4 is 0 Å². The molecule has 2 rings (SSSR count). The molecule has 0 spiro atoms. The molecule has 0 radical (unpaired) electrons. The van der Waals surface area contributed by atoms with Crippen molar-refractivity contribution >= 4 is 17.6 Å². The Bertz CT molecular complexity index is 595. The van der Waals surface area contributed by atoms with Gasteiger partial charge < -0.3 is 4.74 Å². The van der Waals surface area contributed by atoms with Crippen molar-refractivity contribution in [3.8, 4) is 0 Å². The van der Waals surface area contributed by atoms with Crippen LogP contribution in [0.2, 0.25) is 0 Å².